The third-order valence-electron chi connectivity index (χ3n) is 15.3. The summed E-state index contributed by atoms with van der Waals surface area (Å²) in [5.74, 6) is 0. The molecule has 4 heterocycles. The number of nitrogens with zero attached hydrogens (tertiary/aromatic N) is 3. The molecule has 4 heteroatoms. The summed E-state index contributed by atoms with van der Waals surface area (Å²) in [4.78, 5) is 0. The first kappa shape index (κ1) is 39.1. The van der Waals surface area contributed by atoms with Crippen molar-refractivity contribution in [2.45, 2.75) is 0 Å². The van der Waals surface area contributed by atoms with Crippen LogP contribution in [0.3, 0.4) is 0 Å². The molecule has 326 valence electrons. The predicted molar refractivity (Wildman–Crippen MR) is 298 cm³/mol. The van der Waals surface area contributed by atoms with Crippen molar-refractivity contribution in [2.75, 3.05) is 0 Å². The first-order valence-electron chi connectivity index (χ1n) is 24.3. The lowest BCUT2D eigenvalue weighted by Gasteiger charge is -2.31. The summed E-state index contributed by atoms with van der Waals surface area (Å²) in [6, 6.07) is 97.4. The zero-order valence-corrected chi connectivity index (χ0v) is 39.2. The molecule has 11 aromatic carbocycles. The smallest absolute Gasteiger partial charge is 0.180 e. The Labute approximate surface area is 406 Å². The monoisotopic (exact) mass is 905 g/mol. The first-order valence-corrected chi connectivity index (χ1v) is 26.3. The molecule has 0 N–H and O–H groups in total. The molecule has 0 radical (unpaired) electrons. The van der Waals surface area contributed by atoms with E-state index in [4.69, 9.17) is 0 Å². The Balaban J connectivity index is 0.948. The minimum absolute atomic E-state index is 1.15. The van der Waals surface area contributed by atoms with E-state index in [-0.39, 0.29) is 0 Å². The second-order valence-electron chi connectivity index (χ2n) is 18.8. The van der Waals surface area contributed by atoms with Crippen LogP contribution in [-0.2, 0) is 0 Å². The number of hydrogen-bond donors (Lipinski definition) is 0. The van der Waals surface area contributed by atoms with Crippen LogP contribution in [0, 0.1) is 0 Å². The third kappa shape index (κ3) is 5.45. The summed E-state index contributed by atoms with van der Waals surface area (Å²) in [5.41, 5.74) is 15.7. The highest BCUT2D eigenvalue weighted by Crippen LogP contribution is 2.40. The minimum Gasteiger partial charge on any atom is -0.309 e. The van der Waals surface area contributed by atoms with E-state index in [0.717, 1.165) is 11.4 Å². The largest absolute Gasteiger partial charge is 0.309 e. The van der Waals surface area contributed by atoms with Crippen molar-refractivity contribution in [3.63, 3.8) is 0 Å². The van der Waals surface area contributed by atoms with Gasteiger partial charge < -0.3 is 13.7 Å². The molecule has 0 saturated carbocycles. The lowest BCUT2D eigenvalue weighted by Crippen LogP contribution is -2.72. The van der Waals surface area contributed by atoms with Crippen molar-refractivity contribution < 1.29 is 0 Å². The average Bonchev–Trinajstić information content (AvgIpc) is 4.15. The molecule has 3 nitrogen and oxygen atoms in total. The lowest BCUT2D eigenvalue weighted by atomic mass is 10.0. The van der Waals surface area contributed by atoms with E-state index in [1.807, 2.05) is 0 Å². The predicted octanol–water partition coefficient (Wildman–Crippen LogP) is 14.0. The van der Waals surface area contributed by atoms with Crippen molar-refractivity contribution in [1.82, 2.24) is 13.7 Å². The SMILES string of the molecule is c1ccc(-n2c3ccccc3c3cc(-c4ccc5c(c4)c4cc(-n6c7ccccc7c7ccccc76)ccc4n5-c4ccc([Si]5(c6ccccc6)c6ccccc6-c6ccccc65)cc4)ccc32)cc1. The van der Waals surface area contributed by atoms with E-state index >= 15 is 0 Å². The Morgan fingerprint density at radius 2 is 0.586 bits per heavy atom. The van der Waals surface area contributed by atoms with E-state index < -0.39 is 8.07 Å². The summed E-state index contributed by atoms with van der Waals surface area (Å²) in [6.45, 7) is 0. The quantitative estimate of drug-likeness (QED) is 0.148. The van der Waals surface area contributed by atoms with Gasteiger partial charge in [-0.05, 0) is 128 Å². The number of fused-ring (bicyclic) bond motifs is 12. The van der Waals surface area contributed by atoms with Crippen molar-refractivity contribution in [1.29, 1.82) is 0 Å². The van der Waals surface area contributed by atoms with Gasteiger partial charge in [0.15, 0.2) is 8.07 Å². The number of rotatable bonds is 6. The van der Waals surface area contributed by atoms with Crippen molar-refractivity contribution in [3.05, 3.63) is 261 Å². The molecule has 1 aliphatic rings. The highest BCUT2D eigenvalue weighted by Gasteiger charge is 2.48. The van der Waals surface area contributed by atoms with Gasteiger partial charge in [0.2, 0.25) is 0 Å². The normalized spacial score (nSPS) is 13.0. The summed E-state index contributed by atoms with van der Waals surface area (Å²) < 4.78 is 7.31. The highest BCUT2D eigenvalue weighted by molar-refractivity contribution is 7.22. The van der Waals surface area contributed by atoms with Gasteiger partial charge in [0.25, 0.3) is 0 Å². The minimum atomic E-state index is -2.64. The molecule has 15 rings (SSSR count). The van der Waals surface area contributed by atoms with Gasteiger partial charge in [-0.2, -0.15) is 0 Å². The van der Waals surface area contributed by atoms with Crippen LogP contribution in [-0.4, -0.2) is 21.8 Å². The number of benzene rings is 11. The molecular weight excluding hydrogens is 863 g/mol. The van der Waals surface area contributed by atoms with Crippen LogP contribution in [0.2, 0.25) is 0 Å². The van der Waals surface area contributed by atoms with Gasteiger partial charge in [-0.3, -0.25) is 0 Å². The number of hydrogen-bond acceptors (Lipinski definition) is 0. The van der Waals surface area contributed by atoms with E-state index in [2.05, 4.69) is 275 Å². The van der Waals surface area contributed by atoms with Crippen LogP contribution < -0.4 is 20.7 Å². The second-order valence-corrected chi connectivity index (χ2v) is 22.5. The molecule has 0 unspecified atom stereocenters. The lowest BCUT2D eigenvalue weighted by molar-refractivity contribution is 1.17. The molecule has 70 heavy (non-hydrogen) atoms. The summed E-state index contributed by atoms with van der Waals surface area (Å²) in [7, 11) is -2.64. The Hall–Kier alpha value is -8.96. The number of aromatic nitrogens is 3. The fourth-order valence-electron chi connectivity index (χ4n) is 12.4. The van der Waals surface area contributed by atoms with E-state index in [1.54, 1.807) is 0 Å². The van der Waals surface area contributed by atoms with Crippen LogP contribution >= 0.6 is 0 Å². The van der Waals surface area contributed by atoms with Gasteiger partial charge in [0, 0.05) is 49.4 Å². The molecule has 0 bridgehead atoms. The van der Waals surface area contributed by atoms with Gasteiger partial charge in [-0.15, -0.1) is 0 Å². The van der Waals surface area contributed by atoms with Gasteiger partial charge in [0.1, 0.15) is 0 Å². The molecular formula is C66H43N3Si. The molecule has 3 aromatic heterocycles. The van der Waals surface area contributed by atoms with Gasteiger partial charge in [-0.25, -0.2) is 0 Å². The molecule has 1 aliphatic heterocycles. The fourth-order valence-corrected chi connectivity index (χ4v) is 17.6. The van der Waals surface area contributed by atoms with Crippen LogP contribution in [0.5, 0.6) is 0 Å². The molecule has 0 spiro atoms. The van der Waals surface area contributed by atoms with Crippen LogP contribution in [0.25, 0.3) is 105 Å². The zero-order valence-electron chi connectivity index (χ0n) is 38.2. The van der Waals surface area contributed by atoms with E-state index in [1.165, 1.54) is 114 Å². The molecule has 0 aliphatic carbocycles. The maximum Gasteiger partial charge on any atom is 0.180 e. The molecule has 0 amide bonds. The Bertz CT molecular complexity index is 4300. The van der Waals surface area contributed by atoms with Crippen LogP contribution in [0.1, 0.15) is 0 Å². The van der Waals surface area contributed by atoms with E-state index in [0.29, 0.717) is 0 Å². The van der Waals surface area contributed by atoms with Gasteiger partial charge in [-0.1, -0.05) is 176 Å². The van der Waals surface area contributed by atoms with Crippen molar-refractivity contribution in [2.24, 2.45) is 0 Å². The summed E-state index contributed by atoms with van der Waals surface area (Å²) >= 11 is 0. The van der Waals surface area contributed by atoms with Gasteiger partial charge >= 0.3 is 0 Å². The Morgan fingerprint density at radius 1 is 0.229 bits per heavy atom. The Morgan fingerprint density at radius 3 is 1.14 bits per heavy atom. The molecule has 0 fully saturated rings. The topological polar surface area (TPSA) is 14.8 Å². The highest BCUT2D eigenvalue weighted by atomic mass is 28.3. The van der Waals surface area contributed by atoms with Crippen LogP contribution in [0.4, 0.5) is 0 Å². The standard InChI is InChI=1S/C66H43N3Si/c1-3-17-46(18-4-1)67-61-28-14-9-23-53(61)56-41-44(31-38-62(56)67)45-32-39-63-57(42-45)58-43-48(69-59-26-12-7-21-51(59)52-22-8-13-27-60(52)69)35-40-64(58)68(63)47-33-36-50(37-34-47)70(49-19-5-2-6-20-49)65-29-15-10-24-54(65)55-25-11-16-30-66(55)70/h1-43H. The maximum atomic E-state index is 2.48. The van der Waals surface area contributed by atoms with Gasteiger partial charge in [0.05, 0.1) is 33.1 Å². The second kappa shape index (κ2) is 15.0. The number of para-hydroxylation sites is 4. The first-order chi connectivity index (χ1) is 34.7. The van der Waals surface area contributed by atoms with E-state index in [9.17, 15) is 0 Å². The summed E-state index contributed by atoms with van der Waals surface area (Å²) in [6.07, 6.45) is 0. The summed E-state index contributed by atoms with van der Waals surface area (Å²) in [5, 5.41) is 13.2. The third-order valence-corrected chi connectivity index (χ3v) is 20.2. The maximum absolute atomic E-state index is 2.64. The Kier molecular flexibility index (Phi) is 8.38. The average molecular weight is 906 g/mol. The van der Waals surface area contributed by atoms with Crippen LogP contribution in [0.15, 0.2) is 261 Å². The fraction of sp³-hybridized carbons (Fsp3) is 0. The molecule has 0 saturated heterocycles. The van der Waals surface area contributed by atoms with Crippen molar-refractivity contribution >= 4 is 94.2 Å². The molecule has 0 atom stereocenters. The molecule has 14 aromatic rings. The van der Waals surface area contributed by atoms with Crippen molar-refractivity contribution in [3.8, 4) is 39.3 Å². The zero-order chi connectivity index (χ0) is 45.9.